The highest BCUT2D eigenvalue weighted by molar-refractivity contribution is 5.29. The topological polar surface area (TPSA) is 75.0 Å². The molecule has 3 heterocycles. The average molecular weight is 261 g/mol. The molecule has 0 aliphatic carbocycles. The summed E-state index contributed by atoms with van der Waals surface area (Å²) in [6, 6.07) is 7.08. The quantitative estimate of drug-likeness (QED) is 0.601. The molecule has 0 aromatic carbocycles. The number of hydrogen-bond donors (Lipinski definition) is 4. The van der Waals surface area contributed by atoms with Gasteiger partial charge in [-0.1, -0.05) is 6.07 Å². The monoisotopic (exact) mass is 261 g/mol. The van der Waals surface area contributed by atoms with Gasteiger partial charge in [-0.2, -0.15) is 0 Å². The van der Waals surface area contributed by atoms with Crippen LogP contribution in [0.1, 0.15) is 12.1 Å². The molecular formula is C14H23N5. The summed E-state index contributed by atoms with van der Waals surface area (Å²) in [6.07, 6.45) is 2.23. The smallest absolute Gasteiger partial charge is 0.123 e. The molecule has 5 nitrogen and oxygen atoms in total. The van der Waals surface area contributed by atoms with Crippen LogP contribution in [0.2, 0.25) is 0 Å². The van der Waals surface area contributed by atoms with E-state index in [1.807, 2.05) is 12.1 Å². The third-order valence-corrected chi connectivity index (χ3v) is 4.15. The molecule has 2 unspecified atom stereocenters. The van der Waals surface area contributed by atoms with Crippen LogP contribution in [-0.4, -0.2) is 43.2 Å². The van der Waals surface area contributed by atoms with Crippen molar-refractivity contribution in [3.8, 4) is 0 Å². The molecule has 2 fully saturated rings. The second kappa shape index (κ2) is 5.86. The van der Waals surface area contributed by atoms with Gasteiger partial charge in [-0.15, -0.1) is 0 Å². The molecule has 5 heteroatoms. The largest absolute Gasteiger partial charge is 0.384 e. The third-order valence-electron chi connectivity index (χ3n) is 4.15. The lowest BCUT2D eigenvalue weighted by Crippen LogP contribution is -2.44. The van der Waals surface area contributed by atoms with E-state index in [2.05, 4.69) is 27.0 Å². The van der Waals surface area contributed by atoms with Gasteiger partial charge in [0.05, 0.1) is 0 Å². The lowest BCUT2D eigenvalue weighted by molar-refractivity contribution is 0.381. The van der Waals surface area contributed by atoms with E-state index in [-0.39, 0.29) is 0 Å². The molecule has 0 bridgehead atoms. The highest BCUT2D eigenvalue weighted by Crippen LogP contribution is 2.17. The van der Waals surface area contributed by atoms with Crippen LogP contribution >= 0.6 is 0 Å². The molecule has 0 amide bonds. The van der Waals surface area contributed by atoms with Crippen LogP contribution in [0.5, 0.6) is 0 Å². The predicted octanol–water partition coefficient (Wildman–Crippen LogP) is -0.254. The van der Waals surface area contributed by atoms with Crippen LogP contribution in [0.3, 0.4) is 0 Å². The summed E-state index contributed by atoms with van der Waals surface area (Å²) in [5.74, 6) is 1.22. The van der Waals surface area contributed by atoms with E-state index in [1.165, 1.54) is 6.42 Å². The standard InChI is InChI=1S/C14H23N5/c15-14-3-1-2-11(19-14)6-10-7-17-9-13(10)18-12-4-5-16-8-12/h1-3,10,12-13,16-18H,4-9H2,(H2,15,19)/t10?,12-,13?/m0/s1. The van der Waals surface area contributed by atoms with Gasteiger partial charge in [-0.3, -0.25) is 0 Å². The number of nitrogens with one attached hydrogen (secondary N) is 3. The Kier molecular flexibility index (Phi) is 3.96. The molecule has 2 aliphatic rings. The Hall–Kier alpha value is -1.17. The Balaban J connectivity index is 1.59. The van der Waals surface area contributed by atoms with Crippen molar-refractivity contribution in [3.63, 3.8) is 0 Å². The van der Waals surface area contributed by atoms with Gasteiger partial charge in [0.25, 0.3) is 0 Å². The van der Waals surface area contributed by atoms with E-state index in [4.69, 9.17) is 5.73 Å². The summed E-state index contributed by atoms with van der Waals surface area (Å²) in [5.41, 5.74) is 6.85. The van der Waals surface area contributed by atoms with Crippen molar-refractivity contribution in [2.24, 2.45) is 5.92 Å². The molecule has 2 aliphatic heterocycles. The van der Waals surface area contributed by atoms with Crippen molar-refractivity contribution in [1.82, 2.24) is 20.9 Å². The Morgan fingerprint density at radius 3 is 3.00 bits per heavy atom. The van der Waals surface area contributed by atoms with Crippen LogP contribution in [0.4, 0.5) is 5.82 Å². The predicted molar refractivity (Wildman–Crippen MR) is 76.9 cm³/mol. The zero-order valence-corrected chi connectivity index (χ0v) is 11.2. The van der Waals surface area contributed by atoms with Crippen molar-refractivity contribution < 1.29 is 0 Å². The molecule has 1 aromatic heterocycles. The third kappa shape index (κ3) is 3.23. The molecule has 0 spiro atoms. The van der Waals surface area contributed by atoms with Gasteiger partial charge in [-0.25, -0.2) is 4.98 Å². The van der Waals surface area contributed by atoms with E-state index in [0.29, 0.717) is 23.8 Å². The number of nitrogens with zero attached hydrogens (tertiary/aromatic N) is 1. The van der Waals surface area contributed by atoms with Gasteiger partial charge in [0.15, 0.2) is 0 Å². The molecular weight excluding hydrogens is 238 g/mol. The maximum atomic E-state index is 5.75. The van der Waals surface area contributed by atoms with E-state index < -0.39 is 0 Å². The molecule has 104 valence electrons. The maximum Gasteiger partial charge on any atom is 0.123 e. The molecule has 2 saturated heterocycles. The molecule has 3 rings (SSSR count). The van der Waals surface area contributed by atoms with Crippen molar-refractivity contribution in [3.05, 3.63) is 23.9 Å². The summed E-state index contributed by atoms with van der Waals surface area (Å²) in [7, 11) is 0. The minimum absolute atomic E-state index is 0.549. The Morgan fingerprint density at radius 1 is 1.26 bits per heavy atom. The second-order valence-corrected chi connectivity index (χ2v) is 5.64. The summed E-state index contributed by atoms with van der Waals surface area (Å²) in [4.78, 5) is 4.41. The summed E-state index contributed by atoms with van der Waals surface area (Å²) >= 11 is 0. The minimum Gasteiger partial charge on any atom is -0.384 e. The van der Waals surface area contributed by atoms with Gasteiger partial charge < -0.3 is 21.7 Å². The highest BCUT2D eigenvalue weighted by atomic mass is 15.1. The molecule has 3 atom stereocenters. The fourth-order valence-corrected chi connectivity index (χ4v) is 3.12. The minimum atomic E-state index is 0.549. The fourth-order valence-electron chi connectivity index (χ4n) is 3.12. The molecule has 1 aromatic rings. The van der Waals surface area contributed by atoms with E-state index in [0.717, 1.165) is 38.3 Å². The molecule has 19 heavy (non-hydrogen) atoms. The Bertz CT molecular complexity index is 416. The summed E-state index contributed by atoms with van der Waals surface area (Å²) in [5, 5.41) is 10.7. The average Bonchev–Trinajstić information content (AvgIpc) is 3.03. The zero-order chi connectivity index (χ0) is 13.1. The number of nitrogens with two attached hydrogens (primary N) is 1. The Morgan fingerprint density at radius 2 is 2.21 bits per heavy atom. The van der Waals surface area contributed by atoms with Crippen LogP contribution < -0.4 is 21.7 Å². The van der Waals surface area contributed by atoms with E-state index in [9.17, 15) is 0 Å². The van der Waals surface area contributed by atoms with Crippen LogP contribution in [-0.2, 0) is 6.42 Å². The fraction of sp³-hybridized carbons (Fsp3) is 0.643. The highest BCUT2D eigenvalue weighted by Gasteiger charge is 2.30. The normalized spacial score (nSPS) is 30.8. The van der Waals surface area contributed by atoms with Gasteiger partial charge in [0.1, 0.15) is 5.82 Å². The van der Waals surface area contributed by atoms with Gasteiger partial charge in [-0.05, 0) is 44.0 Å². The lowest BCUT2D eigenvalue weighted by atomic mass is 9.96. The maximum absolute atomic E-state index is 5.75. The number of rotatable bonds is 4. The van der Waals surface area contributed by atoms with Crippen molar-refractivity contribution in [2.75, 3.05) is 31.9 Å². The lowest BCUT2D eigenvalue weighted by Gasteiger charge is -2.23. The van der Waals surface area contributed by atoms with Crippen molar-refractivity contribution >= 4 is 5.82 Å². The number of hydrogen-bond acceptors (Lipinski definition) is 5. The van der Waals surface area contributed by atoms with Crippen LogP contribution in [0.15, 0.2) is 18.2 Å². The van der Waals surface area contributed by atoms with Crippen molar-refractivity contribution in [2.45, 2.75) is 24.9 Å². The van der Waals surface area contributed by atoms with Gasteiger partial charge in [0, 0.05) is 30.9 Å². The first-order valence-corrected chi connectivity index (χ1v) is 7.20. The molecule has 0 radical (unpaired) electrons. The summed E-state index contributed by atoms with van der Waals surface area (Å²) < 4.78 is 0. The second-order valence-electron chi connectivity index (χ2n) is 5.64. The Labute approximate surface area is 114 Å². The first-order valence-electron chi connectivity index (χ1n) is 7.20. The van der Waals surface area contributed by atoms with E-state index in [1.54, 1.807) is 0 Å². The van der Waals surface area contributed by atoms with Crippen molar-refractivity contribution in [1.29, 1.82) is 0 Å². The molecule has 0 saturated carbocycles. The first-order chi connectivity index (χ1) is 9.31. The summed E-state index contributed by atoms with van der Waals surface area (Å²) in [6.45, 7) is 4.36. The molecule has 5 N–H and O–H groups in total. The van der Waals surface area contributed by atoms with E-state index >= 15 is 0 Å². The van der Waals surface area contributed by atoms with Crippen LogP contribution in [0.25, 0.3) is 0 Å². The number of nitrogen functional groups attached to an aromatic ring is 1. The number of pyridine rings is 1. The van der Waals surface area contributed by atoms with Gasteiger partial charge >= 0.3 is 0 Å². The number of aromatic nitrogens is 1. The first kappa shape index (κ1) is 12.8. The van der Waals surface area contributed by atoms with Crippen LogP contribution in [0, 0.1) is 5.92 Å². The van der Waals surface area contributed by atoms with Gasteiger partial charge in [0.2, 0.25) is 0 Å². The zero-order valence-electron chi connectivity index (χ0n) is 11.2. The number of anilines is 1. The SMILES string of the molecule is Nc1cccc(CC2CNCC2N[C@H]2CCNC2)n1.